The third kappa shape index (κ3) is 2.22. The average molecular weight is 292 g/mol. The van der Waals surface area contributed by atoms with E-state index in [4.69, 9.17) is 17.0 Å². The van der Waals surface area contributed by atoms with E-state index in [1.165, 1.54) is 25.7 Å². The van der Waals surface area contributed by atoms with Crippen LogP contribution >= 0.6 is 12.2 Å². The fourth-order valence-electron chi connectivity index (χ4n) is 3.24. The van der Waals surface area contributed by atoms with Crippen molar-refractivity contribution in [1.82, 2.24) is 19.5 Å². The van der Waals surface area contributed by atoms with Crippen LogP contribution in [0.25, 0.3) is 11.2 Å². The molecule has 5 nitrogen and oxygen atoms in total. The maximum absolute atomic E-state index is 5.52. The second-order valence-corrected chi connectivity index (χ2v) is 5.95. The zero-order valence-corrected chi connectivity index (χ0v) is 12.7. The van der Waals surface area contributed by atoms with Crippen molar-refractivity contribution in [3.05, 3.63) is 11.1 Å². The molecule has 0 amide bonds. The number of rotatable bonds is 2. The SMILES string of the molecule is COc1ncnc2c1[nH]c(=S)n2C1CCCCCC1C. The van der Waals surface area contributed by atoms with Crippen molar-refractivity contribution >= 4 is 23.4 Å². The Labute approximate surface area is 123 Å². The molecule has 108 valence electrons. The molecule has 2 aromatic rings. The molecule has 0 bridgehead atoms. The summed E-state index contributed by atoms with van der Waals surface area (Å²) in [7, 11) is 1.62. The van der Waals surface area contributed by atoms with Crippen LogP contribution in [0.15, 0.2) is 6.33 Å². The molecular weight excluding hydrogens is 272 g/mol. The molecule has 2 atom stereocenters. The predicted molar refractivity (Wildman–Crippen MR) is 80.6 cm³/mol. The van der Waals surface area contributed by atoms with E-state index in [9.17, 15) is 0 Å². The first-order valence-corrected chi connectivity index (χ1v) is 7.62. The highest BCUT2D eigenvalue weighted by atomic mass is 32.1. The van der Waals surface area contributed by atoms with Crippen molar-refractivity contribution in [2.75, 3.05) is 7.11 Å². The number of nitrogens with one attached hydrogen (secondary N) is 1. The van der Waals surface area contributed by atoms with Crippen LogP contribution in [-0.2, 0) is 0 Å². The standard InChI is InChI=1S/C14H20N4OS/c1-9-6-4-3-5-7-10(9)18-12-11(17-14(18)20)13(19-2)16-8-15-12/h8-10H,3-7H2,1-2H3,(H,17,20). The first kappa shape index (κ1) is 13.5. The van der Waals surface area contributed by atoms with Crippen molar-refractivity contribution in [2.45, 2.75) is 45.1 Å². The van der Waals surface area contributed by atoms with E-state index in [0.29, 0.717) is 17.8 Å². The fraction of sp³-hybridized carbons (Fsp3) is 0.643. The Morgan fingerprint density at radius 1 is 1.30 bits per heavy atom. The second kappa shape index (κ2) is 5.52. The predicted octanol–water partition coefficient (Wildman–Crippen LogP) is 3.64. The summed E-state index contributed by atoms with van der Waals surface area (Å²) in [5.41, 5.74) is 1.66. The Hall–Kier alpha value is -1.43. The van der Waals surface area contributed by atoms with Crippen molar-refractivity contribution in [2.24, 2.45) is 5.92 Å². The maximum Gasteiger partial charge on any atom is 0.242 e. The molecule has 1 saturated carbocycles. The number of hydrogen-bond acceptors (Lipinski definition) is 4. The summed E-state index contributed by atoms with van der Waals surface area (Å²) >= 11 is 5.52. The molecule has 0 aromatic carbocycles. The Morgan fingerprint density at radius 3 is 2.90 bits per heavy atom. The molecule has 0 aliphatic heterocycles. The summed E-state index contributed by atoms with van der Waals surface area (Å²) in [5, 5.41) is 0. The fourth-order valence-corrected chi connectivity index (χ4v) is 3.56. The molecule has 20 heavy (non-hydrogen) atoms. The Balaban J connectivity index is 2.15. The van der Waals surface area contributed by atoms with Gasteiger partial charge in [0.05, 0.1) is 7.11 Å². The van der Waals surface area contributed by atoms with E-state index in [1.54, 1.807) is 13.4 Å². The third-order valence-corrected chi connectivity index (χ3v) is 4.61. The molecule has 2 unspecified atom stereocenters. The minimum Gasteiger partial charge on any atom is -0.479 e. The van der Waals surface area contributed by atoms with E-state index in [0.717, 1.165) is 22.4 Å². The highest BCUT2D eigenvalue weighted by Gasteiger charge is 2.25. The summed E-state index contributed by atoms with van der Waals surface area (Å²) in [6, 6.07) is 0.415. The largest absolute Gasteiger partial charge is 0.479 e. The van der Waals surface area contributed by atoms with E-state index in [1.807, 2.05) is 0 Å². The van der Waals surface area contributed by atoms with E-state index in [-0.39, 0.29) is 0 Å². The van der Waals surface area contributed by atoms with E-state index in [2.05, 4.69) is 26.4 Å². The molecule has 1 aliphatic carbocycles. The normalized spacial score (nSPS) is 23.7. The van der Waals surface area contributed by atoms with Crippen LogP contribution in [0.4, 0.5) is 0 Å². The molecule has 1 N–H and O–H groups in total. The topological polar surface area (TPSA) is 55.7 Å². The van der Waals surface area contributed by atoms with Crippen LogP contribution in [0.5, 0.6) is 5.88 Å². The van der Waals surface area contributed by atoms with Crippen molar-refractivity contribution in [1.29, 1.82) is 0 Å². The number of aromatic nitrogens is 4. The highest BCUT2D eigenvalue weighted by molar-refractivity contribution is 7.71. The Morgan fingerprint density at radius 2 is 2.10 bits per heavy atom. The maximum atomic E-state index is 5.52. The molecule has 2 aromatic heterocycles. The third-order valence-electron chi connectivity index (χ3n) is 4.31. The highest BCUT2D eigenvalue weighted by Crippen LogP contribution is 2.35. The minimum atomic E-state index is 0.415. The summed E-state index contributed by atoms with van der Waals surface area (Å²) < 4.78 is 8.18. The van der Waals surface area contributed by atoms with Gasteiger partial charge in [-0.15, -0.1) is 0 Å². The number of fused-ring (bicyclic) bond motifs is 1. The Kier molecular flexibility index (Phi) is 3.74. The van der Waals surface area contributed by atoms with Gasteiger partial charge in [-0.05, 0) is 31.0 Å². The van der Waals surface area contributed by atoms with Gasteiger partial charge in [0.15, 0.2) is 10.4 Å². The van der Waals surface area contributed by atoms with Crippen LogP contribution in [0.1, 0.15) is 45.1 Å². The molecule has 0 radical (unpaired) electrons. The van der Waals surface area contributed by atoms with Gasteiger partial charge in [-0.3, -0.25) is 4.57 Å². The van der Waals surface area contributed by atoms with Gasteiger partial charge in [-0.25, -0.2) is 4.98 Å². The van der Waals surface area contributed by atoms with E-state index < -0.39 is 0 Å². The van der Waals surface area contributed by atoms with Gasteiger partial charge in [0, 0.05) is 6.04 Å². The number of H-pyrrole nitrogens is 1. The van der Waals surface area contributed by atoms with Crippen LogP contribution in [-0.4, -0.2) is 26.6 Å². The van der Waals surface area contributed by atoms with Crippen LogP contribution in [0.3, 0.4) is 0 Å². The molecule has 1 fully saturated rings. The first-order chi connectivity index (χ1) is 9.72. The Bertz CT molecular complexity index is 663. The lowest BCUT2D eigenvalue weighted by molar-refractivity contribution is 0.336. The summed E-state index contributed by atoms with van der Waals surface area (Å²) in [4.78, 5) is 11.8. The smallest absolute Gasteiger partial charge is 0.242 e. The van der Waals surface area contributed by atoms with E-state index >= 15 is 0 Å². The number of methoxy groups -OCH3 is 1. The van der Waals surface area contributed by atoms with Crippen molar-refractivity contribution in [3.8, 4) is 5.88 Å². The van der Waals surface area contributed by atoms with Gasteiger partial charge in [0.1, 0.15) is 11.8 Å². The van der Waals surface area contributed by atoms with Crippen LogP contribution < -0.4 is 4.74 Å². The molecule has 0 saturated heterocycles. The number of nitrogens with zero attached hydrogens (tertiary/aromatic N) is 3. The molecule has 0 spiro atoms. The summed E-state index contributed by atoms with van der Waals surface area (Å²) in [6.07, 6.45) is 7.84. The number of ether oxygens (including phenoxy) is 1. The second-order valence-electron chi connectivity index (χ2n) is 5.56. The lowest BCUT2D eigenvalue weighted by Gasteiger charge is -2.23. The van der Waals surface area contributed by atoms with Gasteiger partial charge >= 0.3 is 0 Å². The van der Waals surface area contributed by atoms with Gasteiger partial charge in [-0.2, -0.15) is 4.98 Å². The zero-order chi connectivity index (χ0) is 14.1. The molecule has 2 heterocycles. The van der Waals surface area contributed by atoms with Gasteiger partial charge in [-0.1, -0.05) is 26.2 Å². The molecule has 3 rings (SSSR count). The number of hydrogen-bond donors (Lipinski definition) is 1. The molecular formula is C14H20N4OS. The minimum absolute atomic E-state index is 0.415. The van der Waals surface area contributed by atoms with Gasteiger partial charge < -0.3 is 9.72 Å². The van der Waals surface area contributed by atoms with Crippen LogP contribution in [0.2, 0.25) is 0 Å². The summed E-state index contributed by atoms with van der Waals surface area (Å²) in [5.74, 6) is 1.17. The monoisotopic (exact) mass is 292 g/mol. The zero-order valence-electron chi connectivity index (χ0n) is 11.9. The van der Waals surface area contributed by atoms with Crippen molar-refractivity contribution in [3.63, 3.8) is 0 Å². The average Bonchev–Trinajstić information content (AvgIpc) is 2.63. The quantitative estimate of drug-likeness (QED) is 0.678. The lowest BCUT2D eigenvalue weighted by Crippen LogP contribution is -2.16. The van der Waals surface area contributed by atoms with Crippen LogP contribution in [0, 0.1) is 10.7 Å². The summed E-state index contributed by atoms with van der Waals surface area (Å²) in [6.45, 7) is 2.31. The number of aromatic amines is 1. The van der Waals surface area contributed by atoms with Crippen molar-refractivity contribution < 1.29 is 4.74 Å². The molecule has 1 aliphatic rings. The molecule has 6 heteroatoms. The van der Waals surface area contributed by atoms with Gasteiger partial charge in [0.2, 0.25) is 5.88 Å². The lowest BCUT2D eigenvalue weighted by atomic mass is 9.97. The number of imidazole rings is 1. The van der Waals surface area contributed by atoms with Gasteiger partial charge in [0.25, 0.3) is 0 Å². The first-order valence-electron chi connectivity index (χ1n) is 7.21.